The SMILES string of the molecule is COC(=O)C1=C(C)NC(C)=C(C(=O)OCCN(C)Cc2ccccc2)C1c1cccc([N+](=O)[O-])c1.COc1ccc([C@@H]2Sc3ccccc3N(CCN(C)C)C(=O)[C@@H]2OC(C)=O)cc1.Cl.Cl. The van der Waals surface area contributed by atoms with Gasteiger partial charge in [-0.25, -0.2) is 9.59 Å². The van der Waals surface area contributed by atoms with Crippen molar-refractivity contribution < 1.29 is 43.0 Å². The molecule has 66 heavy (non-hydrogen) atoms. The summed E-state index contributed by atoms with van der Waals surface area (Å²) in [5.74, 6) is -2.06. The Balaban J connectivity index is 0.000000345. The number of rotatable bonds is 15. The van der Waals surface area contributed by atoms with Crippen LogP contribution in [-0.2, 0) is 39.9 Å². The van der Waals surface area contributed by atoms with Crippen LogP contribution < -0.4 is 15.0 Å². The maximum Gasteiger partial charge on any atom is 0.336 e. The summed E-state index contributed by atoms with van der Waals surface area (Å²) in [6.07, 6.45) is -0.916. The van der Waals surface area contributed by atoms with Gasteiger partial charge in [-0.1, -0.05) is 66.7 Å². The number of nitro benzene ring substituents is 1. The number of nitro groups is 1. The first-order valence-electron chi connectivity index (χ1n) is 20.6. The Kier molecular flexibility index (Phi) is 21.2. The predicted molar refractivity (Wildman–Crippen MR) is 259 cm³/mol. The number of hydrogen-bond donors (Lipinski definition) is 1. The lowest BCUT2D eigenvalue weighted by atomic mass is 9.80. The molecule has 354 valence electrons. The molecular weight excluding hydrogens is 910 g/mol. The number of ether oxygens (including phenoxy) is 4. The topological polar surface area (TPSA) is 170 Å². The zero-order valence-corrected chi connectivity index (χ0v) is 40.6. The van der Waals surface area contributed by atoms with E-state index < -0.39 is 34.9 Å². The number of nitrogens with zero attached hydrogens (tertiary/aromatic N) is 4. The van der Waals surface area contributed by atoms with Crippen molar-refractivity contribution in [2.75, 3.05) is 66.5 Å². The van der Waals surface area contributed by atoms with Gasteiger partial charge in [0.15, 0.2) is 6.10 Å². The van der Waals surface area contributed by atoms with Crippen LogP contribution in [0.25, 0.3) is 0 Å². The van der Waals surface area contributed by atoms with Gasteiger partial charge in [-0.05, 0) is 75.9 Å². The lowest BCUT2D eigenvalue weighted by Crippen LogP contribution is -2.45. The summed E-state index contributed by atoms with van der Waals surface area (Å²) in [4.78, 5) is 69.0. The van der Waals surface area contributed by atoms with Crippen molar-refractivity contribution in [2.45, 2.75) is 49.5 Å². The number of likely N-dealkylation sites (N-methyl/N-ethyl adjacent to an activating group) is 2. The Labute approximate surface area is 402 Å². The van der Waals surface area contributed by atoms with Crippen molar-refractivity contribution in [2.24, 2.45) is 0 Å². The Bertz CT molecular complexity index is 2380. The molecule has 2 aliphatic rings. The molecule has 4 aromatic rings. The number of thioether (sulfide) groups is 1. The highest BCUT2D eigenvalue weighted by atomic mass is 35.5. The molecule has 18 heteroatoms. The third-order valence-corrected chi connectivity index (χ3v) is 11.9. The van der Waals surface area contributed by atoms with Crippen LogP contribution in [0.3, 0.4) is 0 Å². The first-order valence-corrected chi connectivity index (χ1v) is 21.4. The van der Waals surface area contributed by atoms with Gasteiger partial charge >= 0.3 is 17.9 Å². The number of non-ortho nitro benzene ring substituents is 1. The third-order valence-electron chi connectivity index (χ3n) is 10.5. The molecule has 0 radical (unpaired) electrons. The van der Waals surface area contributed by atoms with Gasteiger partial charge in [-0.2, -0.15) is 0 Å². The number of benzene rings is 4. The van der Waals surface area contributed by atoms with Gasteiger partial charge in [-0.3, -0.25) is 24.6 Å². The summed E-state index contributed by atoms with van der Waals surface area (Å²) in [5.41, 5.74) is 4.60. The molecule has 0 aliphatic carbocycles. The average molecular weight is 967 g/mol. The molecule has 2 aliphatic heterocycles. The Morgan fingerprint density at radius 2 is 1.45 bits per heavy atom. The van der Waals surface area contributed by atoms with Crippen LogP contribution in [0.4, 0.5) is 11.4 Å². The zero-order chi connectivity index (χ0) is 46.5. The maximum absolute atomic E-state index is 13.6. The minimum Gasteiger partial charge on any atom is -0.497 e. The molecule has 1 unspecified atom stereocenters. The quantitative estimate of drug-likeness (QED) is 0.0528. The number of dihydropyridines is 1. The number of halogens is 2. The lowest BCUT2D eigenvalue weighted by molar-refractivity contribution is -0.384. The van der Waals surface area contributed by atoms with Crippen molar-refractivity contribution in [3.63, 3.8) is 0 Å². The molecule has 2 heterocycles. The molecule has 0 saturated heterocycles. The highest BCUT2D eigenvalue weighted by molar-refractivity contribution is 7.99. The van der Waals surface area contributed by atoms with Crippen LogP contribution in [0.1, 0.15) is 48.6 Å². The van der Waals surface area contributed by atoms with E-state index in [-0.39, 0.29) is 59.4 Å². The van der Waals surface area contributed by atoms with Gasteiger partial charge in [0, 0.05) is 61.5 Å². The number of hydrogen-bond acceptors (Lipinski definition) is 14. The van der Waals surface area contributed by atoms with Crippen molar-refractivity contribution in [1.29, 1.82) is 0 Å². The van der Waals surface area contributed by atoms with Crippen LogP contribution in [0, 0.1) is 10.1 Å². The van der Waals surface area contributed by atoms with E-state index in [1.54, 1.807) is 43.7 Å². The number of esters is 3. The summed E-state index contributed by atoms with van der Waals surface area (Å²) in [6.45, 7) is 7.29. The third kappa shape index (κ3) is 14.0. The van der Waals surface area contributed by atoms with Crippen LogP contribution in [0.15, 0.2) is 131 Å². The van der Waals surface area contributed by atoms with Gasteiger partial charge in [-0.15, -0.1) is 36.6 Å². The Morgan fingerprint density at radius 1 is 0.818 bits per heavy atom. The molecule has 15 nitrogen and oxygen atoms in total. The molecular formula is C48H57Cl2N5O10S. The van der Waals surface area contributed by atoms with Gasteiger partial charge in [0.2, 0.25) is 0 Å². The lowest BCUT2D eigenvalue weighted by Gasteiger charge is -2.30. The normalized spacial score (nSPS) is 16.6. The van der Waals surface area contributed by atoms with Crippen molar-refractivity contribution in [1.82, 2.24) is 15.1 Å². The predicted octanol–water partition coefficient (Wildman–Crippen LogP) is 7.89. The number of carbonyl (C=O) groups is 4. The van der Waals surface area contributed by atoms with Gasteiger partial charge in [0.05, 0.1) is 47.1 Å². The van der Waals surface area contributed by atoms with Crippen LogP contribution >= 0.6 is 36.6 Å². The maximum atomic E-state index is 13.6. The van der Waals surface area contributed by atoms with Gasteiger partial charge < -0.3 is 34.1 Å². The number of para-hydroxylation sites is 1. The van der Waals surface area contributed by atoms with E-state index in [1.807, 2.05) is 110 Å². The second-order valence-electron chi connectivity index (χ2n) is 15.4. The first kappa shape index (κ1) is 54.4. The summed E-state index contributed by atoms with van der Waals surface area (Å²) in [6, 6.07) is 31.2. The number of nitrogens with one attached hydrogen (secondary N) is 1. The Morgan fingerprint density at radius 3 is 2.06 bits per heavy atom. The average Bonchev–Trinajstić information content (AvgIpc) is 3.38. The standard InChI is InChI=1S/C26H29N3O6.C22H26N2O4S.2ClH/c1-17-22(25(30)34-4)24(20-11-8-12-21(15-20)29(32)33)23(18(2)27-17)26(31)35-14-13-28(3)16-19-9-6-5-7-10-19;1-15(25)28-20-21(16-9-11-17(27-4)12-10-16)29-19-8-6-5-7-18(19)24(22(20)26)14-13-23(2)3;;/h5-12,15,24,27H,13-14,16H2,1-4H3;5-12,20-21H,13-14H2,1-4H3;2*1H/t;20-,21+;;/m.1../s1. The largest absolute Gasteiger partial charge is 0.497 e. The van der Waals surface area contributed by atoms with Crippen molar-refractivity contribution >= 4 is 71.8 Å². The summed E-state index contributed by atoms with van der Waals surface area (Å²) in [5, 5.41) is 14.1. The van der Waals surface area contributed by atoms with Crippen molar-refractivity contribution in [3.05, 3.63) is 152 Å². The molecule has 0 aromatic heterocycles. The summed E-state index contributed by atoms with van der Waals surface area (Å²) < 4.78 is 21.4. The van der Waals surface area contributed by atoms with Gasteiger partial charge in [0.1, 0.15) is 12.4 Å². The van der Waals surface area contributed by atoms with E-state index in [1.165, 1.54) is 32.2 Å². The molecule has 1 N–H and O–H groups in total. The molecule has 6 rings (SSSR count). The van der Waals surface area contributed by atoms with Crippen LogP contribution in [-0.4, -0.2) is 106 Å². The number of anilines is 1. The van der Waals surface area contributed by atoms with Crippen LogP contribution in [0.5, 0.6) is 5.75 Å². The minimum atomic E-state index is -0.916. The monoisotopic (exact) mass is 965 g/mol. The minimum absolute atomic E-state index is 0. The molecule has 3 atom stereocenters. The van der Waals surface area contributed by atoms with Gasteiger partial charge in [0.25, 0.3) is 11.6 Å². The highest BCUT2D eigenvalue weighted by Gasteiger charge is 2.41. The van der Waals surface area contributed by atoms with Crippen LogP contribution in [0.2, 0.25) is 0 Å². The summed E-state index contributed by atoms with van der Waals surface area (Å²) in [7, 11) is 8.72. The number of methoxy groups -OCH3 is 2. The second-order valence-corrected chi connectivity index (χ2v) is 16.6. The smallest absolute Gasteiger partial charge is 0.336 e. The van der Waals surface area contributed by atoms with E-state index in [0.29, 0.717) is 43.1 Å². The molecule has 0 saturated carbocycles. The van der Waals surface area contributed by atoms with E-state index in [4.69, 9.17) is 18.9 Å². The molecule has 0 fully saturated rings. The highest BCUT2D eigenvalue weighted by Crippen LogP contribution is 2.47. The van der Waals surface area contributed by atoms with Crippen molar-refractivity contribution in [3.8, 4) is 5.75 Å². The molecule has 0 bridgehead atoms. The first-order chi connectivity index (χ1) is 30.6. The van der Waals surface area contributed by atoms with E-state index in [0.717, 1.165) is 27.5 Å². The molecule has 1 amide bonds. The molecule has 0 spiro atoms. The summed E-state index contributed by atoms with van der Waals surface area (Å²) >= 11 is 1.54. The zero-order valence-electron chi connectivity index (χ0n) is 38.2. The fourth-order valence-corrected chi connectivity index (χ4v) is 8.70. The number of amides is 1. The van der Waals surface area contributed by atoms with E-state index >= 15 is 0 Å². The fraction of sp³-hybridized carbons (Fsp3) is 0.333. The molecule has 4 aromatic carbocycles. The second kappa shape index (κ2) is 25.7. The number of allylic oxidation sites excluding steroid dienone is 2. The fourth-order valence-electron chi connectivity index (χ4n) is 7.38. The Hall–Kier alpha value is -5.91. The number of fused-ring (bicyclic) bond motifs is 1. The van der Waals surface area contributed by atoms with E-state index in [9.17, 15) is 29.3 Å². The number of carbonyl (C=O) groups excluding carboxylic acids is 4. The van der Waals surface area contributed by atoms with E-state index in [2.05, 4.69) is 5.32 Å².